The zero-order chi connectivity index (χ0) is 34.1. The molecule has 256 valence electrons. The molecule has 0 bridgehead atoms. The minimum Gasteiger partial charge on any atom is -0.431 e. The van der Waals surface area contributed by atoms with Gasteiger partial charge in [0.1, 0.15) is 11.6 Å². The van der Waals surface area contributed by atoms with Crippen LogP contribution in [0.3, 0.4) is 0 Å². The van der Waals surface area contributed by atoms with E-state index in [1.807, 2.05) is 25.1 Å². The molecule has 1 saturated heterocycles. The predicted molar refractivity (Wildman–Crippen MR) is 177 cm³/mol. The van der Waals surface area contributed by atoms with Crippen LogP contribution >= 0.6 is 15.9 Å². The lowest BCUT2D eigenvalue weighted by Crippen LogP contribution is -2.37. The van der Waals surface area contributed by atoms with Crippen LogP contribution in [0.5, 0.6) is 5.75 Å². The van der Waals surface area contributed by atoms with Gasteiger partial charge in [-0.05, 0) is 68.4 Å². The van der Waals surface area contributed by atoms with E-state index < -0.39 is 36.4 Å². The number of carbonyl (C=O) groups is 2. The van der Waals surface area contributed by atoms with Crippen molar-refractivity contribution in [1.29, 1.82) is 0 Å². The molecule has 1 aromatic heterocycles. The lowest BCUT2D eigenvalue weighted by molar-refractivity contribution is -0.275. The Morgan fingerprint density at radius 3 is 2.64 bits per heavy atom. The first-order valence-electron chi connectivity index (χ1n) is 16.0. The summed E-state index contributed by atoms with van der Waals surface area (Å²) < 4.78 is 63.5. The molecule has 4 rings (SSSR count). The molecule has 3 atom stereocenters. The Balaban J connectivity index is 1.58. The minimum atomic E-state index is -4.95. The van der Waals surface area contributed by atoms with Crippen LogP contribution in [0.4, 0.5) is 33.9 Å². The number of anilines is 2. The molecule has 0 aliphatic carbocycles. The first-order valence-corrected chi connectivity index (χ1v) is 16.8. The quantitative estimate of drug-likeness (QED) is 0.135. The second-order valence-corrected chi connectivity index (χ2v) is 12.7. The fourth-order valence-corrected chi connectivity index (χ4v) is 6.29. The van der Waals surface area contributed by atoms with Gasteiger partial charge in [-0.2, -0.15) is 0 Å². The highest BCUT2D eigenvalue weighted by Crippen LogP contribution is 2.37. The molecule has 0 saturated carbocycles. The molecule has 2 N–H and O–H groups in total. The number of hydrogen-bond acceptors (Lipinski definition) is 6. The zero-order valence-corrected chi connectivity index (χ0v) is 28.3. The number of pyridine rings is 1. The summed E-state index contributed by atoms with van der Waals surface area (Å²) in [5.41, 5.74) is 2.19. The number of nitrogens with zero attached hydrogens (tertiary/aromatic N) is 2. The van der Waals surface area contributed by atoms with Gasteiger partial charge in [-0.25, -0.2) is 14.2 Å². The number of carbonyl (C=O) groups excluding carboxylic acids is 2. The number of nitrogens with one attached hydrogen (secondary N) is 2. The number of aromatic nitrogens is 1. The Bertz CT molecular complexity index is 1540. The van der Waals surface area contributed by atoms with Crippen molar-refractivity contribution in [1.82, 2.24) is 10.3 Å². The highest BCUT2D eigenvalue weighted by Gasteiger charge is 2.33. The first kappa shape index (κ1) is 36.2. The number of amides is 2. The van der Waals surface area contributed by atoms with Crippen molar-refractivity contribution in [2.75, 3.05) is 29.9 Å². The summed E-state index contributed by atoms with van der Waals surface area (Å²) in [6.07, 6.45) is -3.26. The lowest BCUT2D eigenvalue weighted by atomic mass is 9.93. The third-order valence-corrected chi connectivity index (χ3v) is 8.86. The number of urea groups is 1. The third kappa shape index (κ3) is 10.2. The third-order valence-electron chi connectivity index (χ3n) is 8.36. The van der Waals surface area contributed by atoms with Crippen LogP contribution in [0, 0.1) is 12.8 Å². The monoisotopic (exact) mass is 724 g/mol. The van der Waals surface area contributed by atoms with Crippen LogP contribution in [-0.2, 0) is 9.53 Å². The van der Waals surface area contributed by atoms with Gasteiger partial charge in [0.15, 0.2) is 0 Å². The Morgan fingerprint density at radius 1 is 1.15 bits per heavy atom. The van der Waals surface area contributed by atoms with Gasteiger partial charge in [-0.15, -0.1) is 13.2 Å². The Labute approximate surface area is 280 Å². The van der Waals surface area contributed by atoms with Gasteiger partial charge < -0.3 is 25.0 Å². The van der Waals surface area contributed by atoms with E-state index in [0.717, 1.165) is 53.6 Å². The SMILES string of the molecule is CCCC(F)OC(=O)CCC(CNC(=O)Nc1c(C)c(N2CCCC(CC)C2)nc2ccc(Br)cc12)c1ccccc1OC(F)(F)F. The van der Waals surface area contributed by atoms with Crippen molar-refractivity contribution < 1.29 is 36.6 Å². The molecule has 1 aliphatic rings. The van der Waals surface area contributed by atoms with Gasteiger partial charge >= 0.3 is 18.4 Å². The van der Waals surface area contributed by atoms with Gasteiger partial charge in [0.2, 0.25) is 6.36 Å². The number of hydrogen-bond donors (Lipinski definition) is 2. The standard InChI is InChI=1S/C34H41BrF4N4O4/c1-4-9-29(36)46-30(44)16-13-23(25-11-6-7-12-28(25)47-34(37,38)39)19-40-33(45)42-31-21(3)32(43-17-8-10-22(5-2)20-43)41-27-15-14-24(35)18-26(27)31/h6-7,11-12,14-15,18,22-23,29H,4-5,8-10,13,16-17,19-20H2,1-3H3,(H2,40,41,42,45). The van der Waals surface area contributed by atoms with Gasteiger partial charge in [0.05, 0.1) is 11.2 Å². The number of ether oxygens (including phenoxy) is 2. The number of halogens is 5. The summed E-state index contributed by atoms with van der Waals surface area (Å²) >= 11 is 3.51. The van der Waals surface area contributed by atoms with Crippen LogP contribution in [0.15, 0.2) is 46.9 Å². The summed E-state index contributed by atoms with van der Waals surface area (Å²) in [7, 11) is 0. The molecule has 1 aliphatic heterocycles. The molecule has 47 heavy (non-hydrogen) atoms. The minimum absolute atomic E-state index is 0.0297. The van der Waals surface area contributed by atoms with Crippen molar-refractivity contribution in [3.8, 4) is 5.75 Å². The second-order valence-electron chi connectivity index (χ2n) is 11.8. The number of para-hydroxylation sites is 1. The fourth-order valence-electron chi connectivity index (χ4n) is 5.93. The summed E-state index contributed by atoms with van der Waals surface area (Å²) in [6, 6.07) is 10.6. The fraction of sp³-hybridized carbons (Fsp3) is 0.500. The summed E-state index contributed by atoms with van der Waals surface area (Å²) in [5.74, 6) is -0.736. The summed E-state index contributed by atoms with van der Waals surface area (Å²) in [4.78, 5) is 33.0. The summed E-state index contributed by atoms with van der Waals surface area (Å²) in [5, 5.41) is 6.45. The number of benzene rings is 2. The van der Waals surface area contributed by atoms with Crippen LogP contribution in [0.1, 0.15) is 75.8 Å². The Kier molecular flexibility index (Phi) is 12.7. The number of rotatable bonds is 13. The highest BCUT2D eigenvalue weighted by molar-refractivity contribution is 9.10. The van der Waals surface area contributed by atoms with Crippen LogP contribution in [0.25, 0.3) is 10.9 Å². The van der Waals surface area contributed by atoms with E-state index >= 15 is 0 Å². The van der Waals surface area contributed by atoms with Crippen molar-refractivity contribution in [3.05, 3.63) is 58.1 Å². The molecule has 0 spiro atoms. The summed E-state index contributed by atoms with van der Waals surface area (Å²) in [6.45, 7) is 7.40. The van der Waals surface area contributed by atoms with Crippen molar-refractivity contribution >= 4 is 50.3 Å². The van der Waals surface area contributed by atoms with E-state index in [9.17, 15) is 27.2 Å². The predicted octanol–water partition coefficient (Wildman–Crippen LogP) is 9.16. The van der Waals surface area contributed by atoms with Gasteiger partial charge in [-0.3, -0.25) is 4.79 Å². The van der Waals surface area contributed by atoms with Crippen LogP contribution < -0.4 is 20.3 Å². The van der Waals surface area contributed by atoms with Crippen LogP contribution in [0.2, 0.25) is 0 Å². The second kappa shape index (κ2) is 16.5. The molecule has 1 fully saturated rings. The molecule has 3 unspecified atom stereocenters. The molecule has 2 amide bonds. The zero-order valence-electron chi connectivity index (χ0n) is 26.8. The molecule has 2 heterocycles. The maximum Gasteiger partial charge on any atom is 0.573 e. The van der Waals surface area contributed by atoms with Gasteiger partial charge in [-0.1, -0.05) is 54.4 Å². The molecule has 2 aromatic carbocycles. The number of alkyl halides is 4. The van der Waals surface area contributed by atoms with E-state index in [4.69, 9.17) is 9.72 Å². The number of fused-ring (bicyclic) bond motifs is 1. The average molecular weight is 726 g/mol. The maximum absolute atomic E-state index is 13.9. The Morgan fingerprint density at radius 2 is 1.91 bits per heavy atom. The molecule has 13 heteroatoms. The largest absolute Gasteiger partial charge is 0.573 e. The maximum atomic E-state index is 13.9. The van der Waals surface area contributed by atoms with Crippen molar-refractivity contribution in [2.24, 2.45) is 5.92 Å². The topological polar surface area (TPSA) is 92.8 Å². The van der Waals surface area contributed by atoms with Gasteiger partial charge in [0, 0.05) is 53.8 Å². The van der Waals surface area contributed by atoms with E-state index in [2.05, 4.69) is 43.1 Å². The molecule has 3 aromatic rings. The lowest BCUT2D eigenvalue weighted by Gasteiger charge is -2.34. The molecule has 8 nitrogen and oxygen atoms in total. The number of esters is 1. The first-order chi connectivity index (χ1) is 22.4. The Hall–Kier alpha value is -3.61. The van der Waals surface area contributed by atoms with E-state index in [-0.39, 0.29) is 31.4 Å². The van der Waals surface area contributed by atoms with Gasteiger partial charge in [0.25, 0.3) is 0 Å². The molecule has 0 radical (unpaired) electrons. The van der Waals surface area contributed by atoms with E-state index in [1.54, 1.807) is 13.0 Å². The van der Waals surface area contributed by atoms with E-state index in [1.165, 1.54) is 18.2 Å². The highest BCUT2D eigenvalue weighted by atomic mass is 79.9. The molecular formula is C34H41BrF4N4O4. The van der Waals surface area contributed by atoms with E-state index in [0.29, 0.717) is 23.5 Å². The van der Waals surface area contributed by atoms with Crippen molar-refractivity contribution in [2.45, 2.75) is 84.4 Å². The normalized spacial score (nSPS) is 16.4. The van der Waals surface area contributed by atoms with Crippen molar-refractivity contribution in [3.63, 3.8) is 0 Å². The molecular weight excluding hydrogens is 684 g/mol. The number of piperidine rings is 1. The smallest absolute Gasteiger partial charge is 0.431 e. The van der Waals surface area contributed by atoms with Crippen LogP contribution in [-0.4, -0.2) is 49.3 Å². The average Bonchev–Trinajstić information content (AvgIpc) is 3.02.